The van der Waals surface area contributed by atoms with Gasteiger partial charge in [0.05, 0.1) is 21.7 Å². The summed E-state index contributed by atoms with van der Waals surface area (Å²) < 4.78 is 20.6. The van der Waals surface area contributed by atoms with E-state index in [4.69, 9.17) is 16.3 Å². The number of halogens is 2. The number of aryl methyl sites for hydroxylation is 1. The Morgan fingerprint density at radius 1 is 1.11 bits per heavy atom. The third-order valence-corrected chi connectivity index (χ3v) is 5.34. The van der Waals surface area contributed by atoms with E-state index < -0.39 is 17.3 Å². The van der Waals surface area contributed by atoms with Gasteiger partial charge < -0.3 is 4.74 Å². The van der Waals surface area contributed by atoms with Gasteiger partial charge in [0.1, 0.15) is 5.82 Å². The van der Waals surface area contributed by atoms with Gasteiger partial charge in [0.2, 0.25) is 5.88 Å². The summed E-state index contributed by atoms with van der Waals surface area (Å²) in [7, 11) is 0. The molecule has 3 rings (SSSR count). The van der Waals surface area contributed by atoms with Crippen molar-refractivity contribution in [1.29, 1.82) is 0 Å². The van der Waals surface area contributed by atoms with Crippen LogP contribution in [0.25, 0.3) is 0 Å². The van der Waals surface area contributed by atoms with Crippen LogP contribution < -0.4 is 4.74 Å². The Labute approximate surface area is 172 Å². The van der Waals surface area contributed by atoms with E-state index in [1.807, 2.05) is 39.8 Å². The van der Waals surface area contributed by atoms with E-state index in [-0.39, 0.29) is 5.56 Å². The third kappa shape index (κ3) is 4.56. The van der Waals surface area contributed by atoms with Crippen molar-refractivity contribution < 1.29 is 13.9 Å². The molecule has 0 fully saturated rings. The minimum Gasteiger partial charge on any atom is -0.403 e. The van der Waals surface area contributed by atoms with Gasteiger partial charge in [-0.3, -0.25) is 0 Å². The summed E-state index contributed by atoms with van der Waals surface area (Å²) in [4.78, 5) is 14.3. The molecule has 0 bridgehead atoms. The standard InChI is InChI=1S/C21H20ClFN2O2S/c1-13-18(28-17-11-7-15(22)8-12-17)19(25(24-13)21(2,3)4)27-20(26)14-5-9-16(23)10-6-14/h5-12H,1-4H3. The Balaban J connectivity index is 2.00. The Bertz CT molecular complexity index is 993. The molecular formula is C21H20ClFN2O2S. The Morgan fingerprint density at radius 3 is 2.29 bits per heavy atom. The number of rotatable bonds is 4. The Hall–Kier alpha value is -2.31. The number of hydrogen-bond donors (Lipinski definition) is 0. The topological polar surface area (TPSA) is 44.1 Å². The summed E-state index contributed by atoms with van der Waals surface area (Å²) in [6.45, 7) is 7.80. The molecule has 4 nitrogen and oxygen atoms in total. The van der Waals surface area contributed by atoms with Gasteiger partial charge in [0, 0.05) is 9.92 Å². The van der Waals surface area contributed by atoms with E-state index in [2.05, 4.69) is 5.10 Å². The maximum Gasteiger partial charge on any atom is 0.344 e. The van der Waals surface area contributed by atoms with Crippen molar-refractivity contribution in [2.75, 3.05) is 0 Å². The number of ether oxygens (including phenoxy) is 1. The summed E-state index contributed by atoms with van der Waals surface area (Å²) >= 11 is 7.41. The van der Waals surface area contributed by atoms with E-state index in [1.54, 1.807) is 16.8 Å². The predicted octanol–water partition coefficient (Wildman–Crippen LogP) is 6.11. The summed E-state index contributed by atoms with van der Waals surface area (Å²) in [5, 5.41) is 5.24. The fourth-order valence-corrected chi connectivity index (χ4v) is 3.54. The van der Waals surface area contributed by atoms with Gasteiger partial charge in [-0.05, 0) is 76.2 Å². The van der Waals surface area contributed by atoms with Crippen LogP contribution in [0.2, 0.25) is 5.02 Å². The van der Waals surface area contributed by atoms with Crippen LogP contribution in [0.15, 0.2) is 58.3 Å². The zero-order valence-electron chi connectivity index (χ0n) is 16.0. The summed E-state index contributed by atoms with van der Waals surface area (Å²) in [5.41, 5.74) is 0.613. The highest BCUT2D eigenvalue weighted by Crippen LogP contribution is 2.40. The molecule has 2 aromatic carbocycles. The second-order valence-electron chi connectivity index (χ2n) is 7.25. The van der Waals surface area contributed by atoms with Crippen molar-refractivity contribution in [3.8, 4) is 5.88 Å². The predicted molar refractivity (Wildman–Crippen MR) is 109 cm³/mol. The largest absolute Gasteiger partial charge is 0.403 e. The average molecular weight is 419 g/mol. The fraction of sp³-hybridized carbons (Fsp3) is 0.238. The lowest BCUT2D eigenvalue weighted by atomic mass is 10.1. The molecule has 0 N–H and O–H groups in total. The van der Waals surface area contributed by atoms with Crippen LogP contribution in [0.4, 0.5) is 4.39 Å². The molecule has 0 aliphatic rings. The molecule has 3 aromatic rings. The number of carbonyl (C=O) groups is 1. The summed E-state index contributed by atoms with van der Waals surface area (Å²) in [6, 6.07) is 12.6. The molecule has 0 saturated carbocycles. The van der Waals surface area contributed by atoms with Gasteiger partial charge in [0.25, 0.3) is 0 Å². The first-order valence-corrected chi connectivity index (χ1v) is 9.86. The van der Waals surface area contributed by atoms with E-state index >= 15 is 0 Å². The van der Waals surface area contributed by atoms with E-state index in [0.29, 0.717) is 10.9 Å². The monoisotopic (exact) mass is 418 g/mol. The van der Waals surface area contributed by atoms with Crippen LogP contribution >= 0.6 is 23.4 Å². The summed E-state index contributed by atoms with van der Waals surface area (Å²) in [5.74, 6) is -0.617. The molecule has 1 aromatic heterocycles. The van der Waals surface area contributed by atoms with Crippen LogP contribution in [0.5, 0.6) is 5.88 Å². The maximum atomic E-state index is 13.2. The molecule has 0 atom stereocenters. The molecular weight excluding hydrogens is 399 g/mol. The van der Waals surface area contributed by atoms with Gasteiger partial charge in [-0.15, -0.1) is 0 Å². The highest BCUT2D eigenvalue weighted by atomic mass is 35.5. The molecule has 1 heterocycles. The molecule has 0 amide bonds. The van der Waals surface area contributed by atoms with Crippen molar-refractivity contribution in [3.63, 3.8) is 0 Å². The molecule has 0 aliphatic heterocycles. The van der Waals surface area contributed by atoms with Gasteiger partial charge in [-0.1, -0.05) is 23.4 Å². The van der Waals surface area contributed by atoms with Crippen molar-refractivity contribution in [3.05, 3.63) is 70.6 Å². The first-order valence-electron chi connectivity index (χ1n) is 8.66. The highest BCUT2D eigenvalue weighted by molar-refractivity contribution is 7.99. The van der Waals surface area contributed by atoms with Crippen molar-refractivity contribution in [1.82, 2.24) is 9.78 Å². The lowest BCUT2D eigenvalue weighted by Crippen LogP contribution is -2.25. The Morgan fingerprint density at radius 2 is 1.71 bits per heavy atom. The lowest BCUT2D eigenvalue weighted by molar-refractivity contribution is 0.0704. The molecule has 0 spiro atoms. The second kappa shape index (κ2) is 7.97. The summed E-state index contributed by atoms with van der Waals surface area (Å²) in [6.07, 6.45) is 0. The maximum absolute atomic E-state index is 13.2. The molecule has 0 saturated heterocycles. The van der Waals surface area contributed by atoms with Gasteiger partial charge >= 0.3 is 5.97 Å². The number of hydrogen-bond acceptors (Lipinski definition) is 4. The molecule has 0 unspecified atom stereocenters. The number of aromatic nitrogens is 2. The molecule has 0 radical (unpaired) electrons. The van der Waals surface area contributed by atoms with E-state index in [1.165, 1.54) is 36.0 Å². The van der Waals surface area contributed by atoms with Gasteiger partial charge in [-0.2, -0.15) is 5.10 Å². The lowest BCUT2D eigenvalue weighted by Gasteiger charge is -2.22. The SMILES string of the molecule is Cc1nn(C(C)(C)C)c(OC(=O)c2ccc(F)cc2)c1Sc1ccc(Cl)cc1. The minimum absolute atomic E-state index is 0.267. The zero-order valence-corrected chi connectivity index (χ0v) is 17.6. The molecule has 0 aliphatic carbocycles. The average Bonchev–Trinajstić information content (AvgIpc) is 2.94. The number of nitrogens with zero attached hydrogens (tertiary/aromatic N) is 2. The number of benzene rings is 2. The number of carbonyl (C=O) groups excluding carboxylic acids is 1. The first-order chi connectivity index (χ1) is 13.1. The van der Waals surface area contributed by atoms with E-state index in [9.17, 15) is 9.18 Å². The fourth-order valence-electron chi connectivity index (χ4n) is 2.51. The van der Waals surface area contributed by atoms with Crippen LogP contribution in [0.3, 0.4) is 0 Å². The highest BCUT2D eigenvalue weighted by Gasteiger charge is 2.27. The minimum atomic E-state index is -0.566. The molecule has 146 valence electrons. The van der Waals surface area contributed by atoms with Crippen LogP contribution in [-0.4, -0.2) is 15.7 Å². The van der Waals surface area contributed by atoms with Crippen LogP contribution in [0.1, 0.15) is 36.8 Å². The van der Waals surface area contributed by atoms with Crippen molar-refractivity contribution >= 4 is 29.3 Å². The van der Waals surface area contributed by atoms with Crippen LogP contribution in [-0.2, 0) is 5.54 Å². The second-order valence-corrected chi connectivity index (χ2v) is 8.77. The Kier molecular flexibility index (Phi) is 5.82. The van der Waals surface area contributed by atoms with Gasteiger partial charge in [-0.25, -0.2) is 13.9 Å². The molecule has 7 heteroatoms. The quantitative estimate of drug-likeness (QED) is 0.479. The van der Waals surface area contributed by atoms with E-state index in [0.717, 1.165) is 15.5 Å². The smallest absolute Gasteiger partial charge is 0.344 e. The third-order valence-electron chi connectivity index (χ3n) is 3.90. The van der Waals surface area contributed by atoms with Gasteiger partial charge in [0.15, 0.2) is 0 Å². The zero-order chi connectivity index (χ0) is 20.5. The normalized spacial score (nSPS) is 11.5. The number of esters is 1. The first kappa shape index (κ1) is 20.4. The van der Waals surface area contributed by atoms with Crippen molar-refractivity contribution in [2.45, 2.75) is 43.0 Å². The van der Waals surface area contributed by atoms with Crippen molar-refractivity contribution in [2.24, 2.45) is 0 Å². The van der Waals surface area contributed by atoms with Crippen LogP contribution in [0, 0.1) is 12.7 Å². The molecule has 28 heavy (non-hydrogen) atoms.